The number of thiophene rings is 1. The van der Waals surface area contributed by atoms with Crippen LogP contribution in [0.1, 0.15) is 46.7 Å². The van der Waals surface area contributed by atoms with Crippen LogP contribution in [0.2, 0.25) is 5.02 Å². The number of hydrogen-bond acceptors (Lipinski definition) is 2. The molecule has 1 aliphatic rings. The molecule has 1 heterocycles. The van der Waals surface area contributed by atoms with E-state index in [1.165, 1.54) is 36.6 Å². The second kappa shape index (κ2) is 6.47. The normalized spacial score (nSPS) is 15.8. The molecule has 4 heteroatoms. The molecule has 0 saturated heterocycles. The van der Waals surface area contributed by atoms with Crippen LogP contribution in [0.4, 0.5) is 4.39 Å². The third-order valence-electron chi connectivity index (χ3n) is 4.04. The van der Waals surface area contributed by atoms with Crippen molar-refractivity contribution in [1.29, 1.82) is 0 Å². The summed E-state index contributed by atoms with van der Waals surface area (Å²) < 4.78 is 13.1. The molecule has 0 saturated carbocycles. The van der Waals surface area contributed by atoms with Crippen LogP contribution in [0.3, 0.4) is 0 Å². The Morgan fingerprint density at radius 1 is 1.29 bits per heavy atom. The summed E-state index contributed by atoms with van der Waals surface area (Å²) >= 11 is 7.75. The topological polar surface area (TPSA) is 12.0 Å². The second-order valence-corrected chi connectivity index (χ2v) is 7.23. The average Bonchev–Trinajstić information content (AvgIpc) is 2.92. The molecule has 1 N–H and O–H groups in total. The number of rotatable bonds is 4. The van der Waals surface area contributed by atoms with Crippen molar-refractivity contribution in [2.24, 2.45) is 0 Å². The number of nitrogens with one attached hydrogen (secondary N) is 1. The molecule has 1 atom stereocenters. The van der Waals surface area contributed by atoms with Gasteiger partial charge in [-0.15, -0.1) is 11.3 Å². The van der Waals surface area contributed by atoms with Crippen molar-refractivity contribution >= 4 is 22.9 Å². The molecule has 3 rings (SSSR count). The number of aryl methyl sites for hydroxylation is 2. The fourth-order valence-corrected chi connectivity index (χ4v) is 4.24. The predicted molar refractivity (Wildman–Crippen MR) is 87.6 cm³/mol. The van der Waals surface area contributed by atoms with E-state index < -0.39 is 0 Å². The summed E-state index contributed by atoms with van der Waals surface area (Å²) in [7, 11) is 0. The highest BCUT2D eigenvalue weighted by atomic mass is 35.5. The lowest BCUT2D eigenvalue weighted by Crippen LogP contribution is -2.17. The van der Waals surface area contributed by atoms with Crippen LogP contribution in [0.25, 0.3) is 0 Å². The zero-order valence-electron chi connectivity index (χ0n) is 12.1. The van der Waals surface area contributed by atoms with Crippen molar-refractivity contribution in [1.82, 2.24) is 5.32 Å². The largest absolute Gasteiger partial charge is 0.305 e. The summed E-state index contributed by atoms with van der Waals surface area (Å²) in [6.07, 6.45) is 5.11. The Hall–Kier alpha value is -0.900. The van der Waals surface area contributed by atoms with Crippen LogP contribution in [-0.4, -0.2) is 0 Å². The summed E-state index contributed by atoms with van der Waals surface area (Å²) in [5, 5.41) is 3.69. The van der Waals surface area contributed by atoms with Gasteiger partial charge in [0.25, 0.3) is 0 Å². The van der Waals surface area contributed by atoms with Crippen LogP contribution in [0, 0.1) is 5.82 Å². The van der Waals surface area contributed by atoms with E-state index in [1.807, 2.05) is 11.3 Å². The van der Waals surface area contributed by atoms with Crippen molar-refractivity contribution in [2.45, 2.75) is 45.2 Å². The molecule has 2 aromatic rings. The van der Waals surface area contributed by atoms with Crippen LogP contribution in [0.15, 0.2) is 24.3 Å². The lowest BCUT2D eigenvalue weighted by atomic mass is 9.99. The molecular weight excluding hydrogens is 305 g/mol. The van der Waals surface area contributed by atoms with Gasteiger partial charge in [-0.25, -0.2) is 4.39 Å². The number of halogens is 2. The van der Waals surface area contributed by atoms with Gasteiger partial charge in [0.05, 0.1) is 5.02 Å². The first-order chi connectivity index (χ1) is 10.1. The molecule has 1 aromatic heterocycles. The van der Waals surface area contributed by atoms with Gasteiger partial charge in [0.1, 0.15) is 5.82 Å². The minimum atomic E-state index is -0.362. The molecule has 0 amide bonds. The van der Waals surface area contributed by atoms with E-state index in [4.69, 9.17) is 11.6 Å². The third kappa shape index (κ3) is 3.47. The maximum absolute atomic E-state index is 13.1. The molecule has 0 aliphatic heterocycles. The van der Waals surface area contributed by atoms with E-state index in [-0.39, 0.29) is 10.8 Å². The highest BCUT2D eigenvalue weighted by molar-refractivity contribution is 7.12. The Labute approximate surface area is 134 Å². The molecule has 1 nitrogen and oxygen atoms in total. The summed E-state index contributed by atoms with van der Waals surface area (Å²) in [5.74, 6) is -0.362. The lowest BCUT2D eigenvalue weighted by Gasteiger charge is -2.12. The quantitative estimate of drug-likeness (QED) is 0.808. The minimum absolute atomic E-state index is 0.188. The monoisotopic (exact) mass is 323 g/mol. The summed E-state index contributed by atoms with van der Waals surface area (Å²) in [6, 6.07) is 7.56. The van der Waals surface area contributed by atoms with Gasteiger partial charge in [-0.2, -0.15) is 0 Å². The van der Waals surface area contributed by atoms with E-state index in [0.717, 1.165) is 5.56 Å². The van der Waals surface area contributed by atoms with Crippen LogP contribution in [0.5, 0.6) is 0 Å². The lowest BCUT2D eigenvalue weighted by molar-refractivity contribution is 0.580. The molecule has 0 radical (unpaired) electrons. The smallest absolute Gasteiger partial charge is 0.141 e. The summed E-state index contributed by atoms with van der Waals surface area (Å²) in [4.78, 5) is 2.96. The van der Waals surface area contributed by atoms with E-state index in [1.54, 1.807) is 22.6 Å². The average molecular weight is 324 g/mol. The number of fused-ring (bicyclic) bond motifs is 1. The van der Waals surface area contributed by atoms with Gasteiger partial charge < -0.3 is 5.32 Å². The fraction of sp³-hybridized carbons (Fsp3) is 0.412. The SMILES string of the molecule is CC(NCc1ccc(F)c(Cl)c1)c1cc2c(s1)CCCC2. The molecule has 112 valence electrons. The van der Waals surface area contributed by atoms with Gasteiger partial charge in [-0.3, -0.25) is 0 Å². The van der Waals surface area contributed by atoms with E-state index in [2.05, 4.69) is 18.3 Å². The number of benzene rings is 1. The fourth-order valence-electron chi connectivity index (χ4n) is 2.75. The molecule has 21 heavy (non-hydrogen) atoms. The Kier molecular flexibility index (Phi) is 4.63. The van der Waals surface area contributed by atoms with E-state index >= 15 is 0 Å². The van der Waals surface area contributed by atoms with Crippen LogP contribution in [-0.2, 0) is 19.4 Å². The third-order valence-corrected chi connectivity index (χ3v) is 5.75. The minimum Gasteiger partial charge on any atom is -0.305 e. The predicted octanol–water partition coefficient (Wildman–Crippen LogP) is 5.27. The Bertz CT molecular complexity index is 614. The van der Waals surface area contributed by atoms with Gasteiger partial charge in [0.15, 0.2) is 0 Å². The summed E-state index contributed by atoms with van der Waals surface area (Å²) in [6.45, 7) is 2.88. The van der Waals surface area contributed by atoms with Crippen molar-refractivity contribution in [3.63, 3.8) is 0 Å². The van der Waals surface area contributed by atoms with Gasteiger partial charge in [0.2, 0.25) is 0 Å². The van der Waals surface area contributed by atoms with Crippen LogP contribution < -0.4 is 5.32 Å². The van der Waals surface area contributed by atoms with E-state index in [9.17, 15) is 4.39 Å². The maximum Gasteiger partial charge on any atom is 0.141 e. The Morgan fingerprint density at radius 2 is 2.10 bits per heavy atom. The van der Waals surface area contributed by atoms with Crippen molar-refractivity contribution in [2.75, 3.05) is 0 Å². The van der Waals surface area contributed by atoms with E-state index in [0.29, 0.717) is 12.6 Å². The Morgan fingerprint density at radius 3 is 2.86 bits per heavy atom. The van der Waals surface area contributed by atoms with Gasteiger partial charge in [0, 0.05) is 22.3 Å². The summed E-state index contributed by atoms with van der Waals surface area (Å²) in [5.41, 5.74) is 2.55. The van der Waals surface area contributed by atoms with Gasteiger partial charge >= 0.3 is 0 Å². The molecule has 0 fully saturated rings. The van der Waals surface area contributed by atoms with Crippen molar-refractivity contribution in [3.05, 3.63) is 56.0 Å². The first-order valence-corrected chi connectivity index (χ1v) is 8.61. The highest BCUT2D eigenvalue weighted by Crippen LogP contribution is 2.32. The first-order valence-electron chi connectivity index (χ1n) is 7.42. The first kappa shape index (κ1) is 15.0. The van der Waals surface area contributed by atoms with Crippen molar-refractivity contribution in [3.8, 4) is 0 Å². The maximum atomic E-state index is 13.1. The zero-order valence-corrected chi connectivity index (χ0v) is 13.7. The van der Waals surface area contributed by atoms with Gasteiger partial charge in [-0.05, 0) is 61.9 Å². The second-order valence-electron chi connectivity index (χ2n) is 5.66. The molecule has 0 bridgehead atoms. The zero-order chi connectivity index (χ0) is 14.8. The van der Waals surface area contributed by atoms with Crippen molar-refractivity contribution < 1.29 is 4.39 Å². The van der Waals surface area contributed by atoms with Gasteiger partial charge in [-0.1, -0.05) is 17.7 Å². The molecule has 1 aliphatic carbocycles. The molecular formula is C17H19ClFNS. The Balaban J connectivity index is 1.64. The highest BCUT2D eigenvalue weighted by Gasteiger charge is 2.16. The molecule has 1 aromatic carbocycles. The number of hydrogen-bond donors (Lipinski definition) is 1. The standard InChI is InChI=1S/C17H19ClFNS/c1-11(17-9-13-4-2-3-5-16(13)21-17)20-10-12-6-7-15(19)14(18)8-12/h6-9,11,20H,2-5,10H2,1H3. The van der Waals surface area contributed by atoms with Crippen LogP contribution >= 0.6 is 22.9 Å². The molecule has 0 spiro atoms. The molecule has 1 unspecified atom stereocenters.